The first-order chi connectivity index (χ1) is 7.75. The van der Waals surface area contributed by atoms with Gasteiger partial charge in [0.15, 0.2) is 0 Å². The molecule has 0 unspecified atom stereocenters. The molecule has 0 aliphatic heterocycles. The summed E-state index contributed by atoms with van der Waals surface area (Å²) >= 11 is 0. The van der Waals surface area contributed by atoms with Crippen LogP contribution >= 0.6 is 0 Å². The van der Waals surface area contributed by atoms with Crippen LogP contribution in [-0.2, 0) is 6.42 Å². The number of hydrogen-bond donors (Lipinski definition) is 2. The number of para-hydroxylation sites is 1. The molecule has 5 nitrogen and oxygen atoms in total. The molecule has 0 fully saturated rings. The molecule has 0 heterocycles. The molecule has 16 heavy (non-hydrogen) atoms. The summed E-state index contributed by atoms with van der Waals surface area (Å²) in [5, 5.41) is 13.9. The standard InChI is InChI=1S/C11H17N3O2/c12-7-3-8-13-9-6-10-4-1-2-5-11(10)14(15)16/h1-2,4-5,13H,3,6-9,12H2. The minimum Gasteiger partial charge on any atom is -0.330 e. The van der Waals surface area contributed by atoms with Crippen LogP contribution in [0.5, 0.6) is 0 Å². The van der Waals surface area contributed by atoms with E-state index < -0.39 is 0 Å². The van der Waals surface area contributed by atoms with Crippen LogP contribution in [0.2, 0.25) is 0 Å². The van der Waals surface area contributed by atoms with Crippen molar-refractivity contribution >= 4 is 5.69 Å². The van der Waals surface area contributed by atoms with Crippen LogP contribution in [-0.4, -0.2) is 24.6 Å². The molecule has 1 aromatic rings. The van der Waals surface area contributed by atoms with E-state index in [1.54, 1.807) is 12.1 Å². The lowest BCUT2D eigenvalue weighted by atomic mass is 10.1. The van der Waals surface area contributed by atoms with E-state index in [1.807, 2.05) is 6.07 Å². The number of nitro benzene ring substituents is 1. The third-order valence-electron chi connectivity index (χ3n) is 2.32. The summed E-state index contributed by atoms with van der Waals surface area (Å²) in [6.07, 6.45) is 1.60. The first kappa shape index (κ1) is 12.6. The number of rotatable bonds is 7. The maximum Gasteiger partial charge on any atom is 0.272 e. The predicted octanol–water partition coefficient (Wildman–Crippen LogP) is 1.08. The summed E-state index contributed by atoms with van der Waals surface area (Å²) in [5.74, 6) is 0. The Morgan fingerprint density at radius 1 is 1.31 bits per heavy atom. The Morgan fingerprint density at radius 2 is 2.06 bits per heavy atom. The molecule has 0 spiro atoms. The quantitative estimate of drug-likeness (QED) is 0.411. The first-order valence-electron chi connectivity index (χ1n) is 5.39. The lowest BCUT2D eigenvalue weighted by Gasteiger charge is -2.04. The number of nitro groups is 1. The molecule has 0 bridgehead atoms. The minimum atomic E-state index is -0.338. The molecule has 0 saturated carbocycles. The Kier molecular flexibility index (Phi) is 5.45. The second-order valence-electron chi connectivity index (χ2n) is 3.53. The van der Waals surface area contributed by atoms with Crippen LogP contribution in [0.15, 0.2) is 24.3 Å². The Bertz CT molecular complexity index is 342. The van der Waals surface area contributed by atoms with Gasteiger partial charge in [0.05, 0.1) is 4.92 Å². The van der Waals surface area contributed by atoms with Crippen molar-refractivity contribution in [3.8, 4) is 0 Å². The Labute approximate surface area is 94.8 Å². The van der Waals surface area contributed by atoms with Crippen molar-refractivity contribution in [2.24, 2.45) is 5.73 Å². The van der Waals surface area contributed by atoms with E-state index in [4.69, 9.17) is 5.73 Å². The van der Waals surface area contributed by atoms with Gasteiger partial charge in [-0.3, -0.25) is 10.1 Å². The number of nitrogens with zero attached hydrogens (tertiary/aromatic N) is 1. The highest BCUT2D eigenvalue weighted by Gasteiger charge is 2.10. The molecule has 0 aliphatic carbocycles. The van der Waals surface area contributed by atoms with Crippen molar-refractivity contribution in [2.45, 2.75) is 12.8 Å². The zero-order valence-electron chi connectivity index (χ0n) is 9.19. The fourth-order valence-corrected chi connectivity index (χ4v) is 1.48. The van der Waals surface area contributed by atoms with E-state index in [0.717, 1.165) is 25.1 Å². The highest BCUT2D eigenvalue weighted by Crippen LogP contribution is 2.17. The van der Waals surface area contributed by atoms with Gasteiger partial charge >= 0.3 is 0 Å². The largest absolute Gasteiger partial charge is 0.330 e. The van der Waals surface area contributed by atoms with Gasteiger partial charge in [-0.2, -0.15) is 0 Å². The molecule has 3 N–H and O–H groups in total. The number of hydrogen-bond acceptors (Lipinski definition) is 4. The van der Waals surface area contributed by atoms with E-state index in [1.165, 1.54) is 6.07 Å². The minimum absolute atomic E-state index is 0.197. The van der Waals surface area contributed by atoms with Crippen LogP contribution in [0.4, 0.5) is 5.69 Å². The fraction of sp³-hybridized carbons (Fsp3) is 0.455. The Balaban J connectivity index is 2.44. The van der Waals surface area contributed by atoms with Crippen LogP contribution in [0.25, 0.3) is 0 Å². The van der Waals surface area contributed by atoms with E-state index >= 15 is 0 Å². The van der Waals surface area contributed by atoms with Gasteiger partial charge in [0.25, 0.3) is 5.69 Å². The topological polar surface area (TPSA) is 81.2 Å². The van der Waals surface area contributed by atoms with Gasteiger partial charge in [0, 0.05) is 11.6 Å². The Morgan fingerprint density at radius 3 is 2.75 bits per heavy atom. The Hall–Kier alpha value is -1.46. The summed E-state index contributed by atoms with van der Waals surface area (Å²) in [6, 6.07) is 6.84. The smallest absolute Gasteiger partial charge is 0.272 e. The van der Waals surface area contributed by atoms with E-state index in [-0.39, 0.29) is 10.6 Å². The van der Waals surface area contributed by atoms with Crippen LogP contribution in [0.3, 0.4) is 0 Å². The summed E-state index contributed by atoms with van der Waals surface area (Å²) in [4.78, 5) is 10.4. The molecule has 0 amide bonds. The normalized spacial score (nSPS) is 10.3. The highest BCUT2D eigenvalue weighted by molar-refractivity contribution is 5.39. The van der Waals surface area contributed by atoms with Gasteiger partial charge in [-0.05, 0) is 32.5 Å². The van der Waals surface area contributed by atoms with E-state index in [2.05, 4.69) is 5.32 Å². The predicted molar refractivity (Wildman–Crippen MR) is 63.3 cm³/mol. The lowest BCUT2D eigenvalue weighted by molar-refractivity contribution is -0.385. The van der Waals surface area contributed by atoms with Crippen LogP contribution in [0.1, 0.15) is 12.0 Å². The maximum atomic E-state index is 10.7. The molecule has 0 atom stereocenters. The molecule has 1 rings (SSSR count). The first-order valence-corrected chi connectivity index (χ1v) is 5.39. The third kappa shape index (κ3) is 3.96. The van der Waals surface area contributed by atoms with Crippen molar-refractivity contribution < 1.29 is 4.92 Å². The summed E-state index contributed by atoms with van der Waals surface area (Å²) in [7, 11) is 0. The van der Waals surface area contributed by atoms with Gasteiger partial charge in [-0.15, -0.1) is 0 Å². The highest BCUT2D eigenvalue weighted by atomic mass is 16.6. The van der Waals surface area contributed by atoms with Crippen molar-refractivity contribution in [1.29, 1.82) is 0 Å². The van der Waals surface area contributed by atoms with Gasteiger partial charge in [0.1, 0.15) is 0 Å². The molecule has 0 aromatic heterocycles. The molecule has 0 radical (unpaired) electrons. The zero-order chi connectivity index (χ0) is 11.8. The van der Waals surface area contributed by atoms with Gasteiger partial charge < -0.3 is 11.1 Å². The molecule has 1 aromatic carbocycles. The SMILES string of the molecule is NCCCNCCc1ccccc1[N+](=O)[O-]. The average molecular weight is 223 g/mol. The number of nitrogens with one attached hydrogen (secondary N) is 1. The second kappa shape index (κ2) is 6.92. The molecular formula is C11H17N3O2. The molecule has 5 heteroatoms. The van der Waals surface area contributed by atoms with Crippen LogP contribution in [0, 0.1) is 10.1 Å². The number of benzene rings is 1. The van der Waals surface area contributed by atoms with Gasteiger partial charge in [0.2, 0.25) is 0 Å². The summed E-state index contributed by atoms with van der Waals surface area (Å²) in [5.41, 5.74) is 6.32. The van der Waals surface area contributed by atoms with Gasteiger partial charge in [-0.1, -0.05) is 18.2 Å². The fourth-order valence-electron chi connectivity index (χ4n) is 1.48. The molecule has 0 saturated heterocycles. The van der Waals surface area contributed by atoms with Crippen molar-refractivity contribution in [3.05, 3.63) is 39.9 Å². The van der Waals surface area contributed by atoms with Crippen molar-refractivity contribution in [1.82, 2.24) is 5.32 Å². The zero-order valence-corrected chi connectivity index (χ0v) is 9.19. The number of nitrogens with two attached hydrogens (primary N) is 1. The lowest BCUT2D eigenvalue weighted by Crippen LogP contribution is -2.21. The molecule has 88 valence electrons. The van der Waals surface area contributed by atoms with E-state index in [0.29, 0.717) is 13.0 Å². The van der Waals surface area contributed by atoms with Gasteiger partial charge in [-0.25, -0.2) is 0 Å². The van der Waals surface area contributed by atoms with Crippen molar-refractivity contribution in [2.75, 3.05) is 19.6 Å². The molecular weight excluding hydrogens is 206 g/mol. The molecule has 0 aliphatic rings. The summed E-state index contributed by atoms with van der Waals surface area (Å²) in [6.45, 7) is 2.26. The maximum absolute atomic E-state index is 10.7. The second-order valence-corrected chi connectivity index (χ2v) is 3.53. The third-order valence-corrected chi connectivity index (χ3v) is 2.32. The van der Waals surface area contributed by atoms with E-state index in [9.17, 15) is 10.1 Å². The van der Waals surface area contributed by atoms with Crippen LogP contribution < -0.4 is 11.1 Å². The average Bonchev–Trinajstić information content (AvgIpc) is 2.29. The van der Waals surface area contributed by atoms with Crippen molar-refractivity contribution in [3.63, 3.8) is 0 Å². The monoisotopic (exact) mass is 223 g/mol. The summed E-state index contributed by atoms with van der Waals surface area (Å²) < 4.78 is 0.